The lowest BCUT2D eigenvalue weighted by Crippen LogP contribution is -2.52. The zero-order valence-corrected chi connectivity index (χ0v) is 19.7. The average molecular weight is 482 g/mol. The van der Waals surface area contributed by atoms with Gasteiger partial charge in [0.05, 0.1) is 31.8 Å². The Morgan fingerprint density at radius 1 is 1.03 bits per heavy atom. The van der Waals surface area contributed by atoms with Gasteiger partial charge in [0.1, 0.15) is 0 Å². The van der Waals surface area contributed by atoms with Crippen molar-refractivity contribution in [3.63, 3.8) is 0 Å². The van der Waals surface area contributed by atoms with E-state index in [9.17, 15) is 18.0 Å². The number of carbonyl (C=O) groups excluding carboxylic acids is 2. The van der Waals surface area contributed by atoms with Gasteiger partial charge in [0.25, 0.3) is 11.8 Å². The number of hydrogen-bond donors (Lipinski definition) is 0. The van der Waals surface area contributed by atoms with Crippen molar-refractivity contribution in [1.29, 1.82) is 0 Å². The van der Waals surface area contributed by atoms with Crippen molar-refractivity contribution in [1.82, 2.24) is 14.7 Å². The van der Waals surface area contributed by atoms with Gasteiger partial charge in [0.2, 0.25) is 0 Å². The van der Waals surface area contributed by atoms with Gasteiger partial charge in [0, 0.05) is 50.9 Å². The lowest BCUT2D eigenvalue weighted by atomic mass is 10.1. The molecule has 11 heteroatoms. The highest BCUT2D eigenvalue weighted by Gasteiger charge is 2.34. The van der Waals surface area contributed by atoms with E-state index in [4.69, 9.17) is 14.2 Å². The summed E-state index contributed by atoms with van der Waals surface area (Å²) in [6, 6.07) is 5.02. The van der Waals surface area contributed by atoms with Crippen molar-refractivity contribution >= 4 is 21.7 Å². The van der Waals surface area contributed by atoms with Crippen LogP contribution < -0.4 is 9.47 Å². The topological polar surface area (TPSA) is 106 Å². The first kappa shape index (κ1) is 23.8. The van der Waals surface area contributed by atoms with E-state index in [0.717, 1.165) is 0 Å². The Morgan fingerprint density at radius 3 is 2.39 bits per heavy atom. The Bertz CT molecular complexity index is 970. The zero-order chi connectivity index (χ0) is 23.4. The van der Waals surface area contributed by atoms with Crippen LogP contribution in [0.3, 0.4) is 0 Å². The highest BCUT2D eigenvalue weighted by Crippen LogP contribution is 2.29. The van der Waals surface area contributed by atoms with Crippen LogP contribution in [-0.4, -0.2) is 119 Å². The molecule has 0 aliphatic carbocycles. The number of rotatable bonds is 6. The van der Waals surface area contributed by atoms with Crippen LogP contribution >= 0.6 is 0 Å². The minimum absolute atomic E-state index is 0.0592. The van der Waals surface area contributed by atoms with Gasteiger partial charge in [-0.1, -0.05) is 0 Å². The van der Waals surface area contributed by atoms with Gasteiger partial charge < -0.3 is 24.0 Å². The lowest BCUT2D eigenvalue weighted by molar-refractivity contribution is -0.137. The number of carbonyl (C=O) groups is 2. The maximum Gasteiger partial charge on any atom is 0.260 e. The number of methoxy groups -OCH3 is 1. The summed E-state index contributed by atoms with van der Waals surface area (Å²) < 4.78 is 39.8. The quantitative estimate of drug-likeness (QED) is 0.554. The maximum atomic E-state index is 13.0. The number of sulfone groups is 1. The number of nitrogens with zero attached hydrogens (tertiary/aromatic N) is 3. The fourth-order valence-corrected chi connectivity index (χ4v) is 6.26. The summed E-state index contributed by atoms with van der Waals surface area (Å²) in [5.74, 6) is 1.04. The Balaban J connectivity index is 1.32. The Kier molecular flexibility index (Phi) is 7.40. The minimum Gasteiger partial charge on any atom is -0.493 e. The van der Waals surface area contributed by atoms with Gasteiger partial charge in [0.15, 0.2) is 27.9 Å². The number of hydrogen-bond acceptors (Lipinski definition) is 8. The molecular weight excluding hydrogens is 450 g/mol. The van der Waals surface area contributed by atoms with Gasteiger partial charge in [-0.05, 0) is 24.6 Å². The first-order chi connectivity index (χ1) is 15.9. The van der Waals surface area contributed by atoms with Crippen LogP contribution in [0.25, 0.3) is 0 Å². The molecule has 1 aromatic rings. The van der Waals surface area contributed by atoms with Crippen molar-refractivity contribution in [3.05, 3.63) is 23.8 Å². The second-order valence-corrected chi connectivity index (χ2v) is 10.8. The van der Waals surface area contributed by atoms with Crippen LogP contribution in [0.1, 0.15) is 16.8 Å². The van der Waals surface area contributed by atoms with Crippen LogP contribution in [-0.2, 0) is 19.4 Å². The molecule has 3 fully saturated rings. The lowest BCUT2D eigenvalue weighted by Gasteiger charge is -2.37. The second kappa shape index (κ2) is 10.3. The van der Waals surface area contributed by atoms with Crippen LogP contribution in [0.2, 0.25) is 0 Å². The summed E-state index contributed by atoms with van der Waals surface area (Å²) in [5, 5.41) is 0. The molecule has 3 heterocycles. The molecule has 0 aromatic heterocycles. The predicted molar refractivity (Wildman–Crippen MR) is 120 cm³/mol. The summed E-state index contributed by atoms with van der Waals surface area (Å²) in [7, 11) is -1.43. The fourth-order valence-electron chi connectivity index (χ4n) is 4.50. The molecule has 182 valence electrons. The van der Waals surface area contributed by atoms with Crippen molar-refractivity contribution in [2.75, 3.05) is 77.7 Å². The van der Waals surface area contributed by atoms with Crippen LogP contribution in [0.4, 0.5) is 0 Å². The fraction of sp³-hybridized carbons (Fsp3) is 0.636. The van der Waals surface area contributed by atoms with E-state index < -0.39 is 9.84 Å². The standard InChI is InChI=1S/C22H31N3O7S/c1-30-20-14-17(2-3-19(20)32-15-21(26)24-9-11-31-12-10-24)22(27)25-7-5-23(6-8-25)18-4-13-33(28,29)16-18/h2-3,14,18H,4-13,15-16H2,1H3/t18-/m0/s1. The number of piperazine rings is 1. The van der Waals surface area contributed by atoms with Crippen molar-refractivity contribution in [2.24, 2.45) is 0 Å². The molecule has 10 nitrogen and oxygen atoms in total. The normalized spacial score (nSPS) is 23.4. The maximum absolute atomic E-state index is 13.0. The van der Waals surface area contributed by atoms with E-state index >= 15 is 0 Å². The summed E-state index contributed by atoms with van der Waals surface area (Å²) in [4.78, 5) is 31.0. The number of benzene rings is 1. The molecule has 3 aliphatic heterocycles. The number of amides is 2. The molecule has 0 radical (unpaired) electrons. The minimum atomic E-state index is -2.92. The van der Waals surface area contributed by atoms with Gasteiger partial charge >= 0.3 is 0 Å². The van der Waals surface area contributed by atoms with E-state index in [2.05, 4.69) is 4.90 Å². The van der Waals surface area contributed by atoms with Crippen molar-refractivity contribution in [2.45, 2.75) is 12.5 Å². The molecule has 0 N–H and O–H groups in total. The molecule has 1 atom stereocenters. The molecule has 0 unspecified atom stereocenters. The number of morpholine rings is 1. The van der Waals surface area contributed by atoms with E-state index in [0.29, 0.717) is 76.0 Å². The summed E-state index contributed by atoms with van der Waals surface area (Å²) in [5.41, 5.74) is 0.482. The zero-order valence-electron chi connectivity index (χ0n) is 18.9. The van der Waals surface area contributed by atoms with Crippen LogP contribution in [0.15, 0.2) is 18.2 Å². The highest BCUT2D eigenvalue weighted by molar-refractivity contribution is 7.91. The summed E-state index contributed by atoms with van der Waals surface area (Å²) in [6.45, 7) is 4.46. The third-order valence-corrected chi connectivity index (χ3v) is 8.20. The van der Waals surface area contributed by atoms with Crippen LogP contribution in [0.5, 0.6) is 11.5 Å². The Labute approximate surface area is 194 Å². The molecular formula is C22H31N3O7S. The third-order valence-electron chi connectivity index (χ3n) is 6.45. The van der Waals surface area contributed by atoms with Gasteiger partial charge in [-0.15, -0.1) is 0 Å². The van der Waals surface area contributed by atoms with E-state index in [1.165, 1.54) is 7.11 Å². The summed E-state index contributed by atoms with van der Waals surface area (Å²) in [6.07, 6.45) is 0.670. The molecule has 2 amide bonds. The molecule has 3 saturated heterocycles. The molecule has 1 aromatic carbocycles. The van der Waals surface area contributed by atoms with Crippen molar-refractivity contribution in [3.8, 4) is 11.5 Å². The second-order valence-electron chi connectivity index (χ2n) is 8.53. The van der Waals surface area contributed by atoms with Crippen molar-refractivity contribution < 1.29 is 32.2 Å². The molecule has 0 spiro atoms. The summed E-state index contributed by atoms with van der Waals surface area (Å²) >= 11 is 0. The van der Waals surface area contributed by atoms with E-state index in [1.807, 2.05) is 0 Å². The molecule has 3 aliphatic rings. The number of ether oxygens (including phenoxy) is 3. The van der Waals surface area contributed by atoms with Gasteiger partial charge in [-0.3, -0.25) is 14.5 Å². The largest absolute Gasteiger partial charge is 0.493 e. The highest BCUT2D eigenvalue weighted by atomic mass is 32.2. The SMILES string of the molecule is COc1cc(C(=O)N2CCN([C@H]3CCS(=O)(=O)C3)CC2)ccc1OCC(=O)N1CCOCC1. The van der Waals surface area contributed by atoms with E-state index in [-0.39, 0.29) is 36.0 Å². The van der Waals surface area contributed by atoms with Gasteiger partial charge in [-0.25, -0.2) is 8.42 Å². The van der Waals surface area contributed by atoms with Gasteiger partial charge in [-0.2, -0.15) is 0 Å². The molecule has 0 bridgehead atoms. The Hall–Kier alpha value is -2.37. The monoisotopic (exact) mass is 481 g/mol. The Morgan fingerprint density at radius 2 is 1.76 bits per heavy atom. The first-order valence-corrected chi connectivity index (χ1v) is 13.1. The smallest absolute Gasteiger partial charge is 0.260 e. The van der Waals surface area contributed by atoms with E-state index in [1.54, 1.807) is 28.0 Å². The average Bonchev–Trinajstić information content (AvgIpc) is 3.22. The first-order valence-electron chi connectivity index (χ1n) is 11.3. The third kappa shape index (κ3) is 5.77. The van der Waals surface area contributed by atoms with Crippen LogP contribution in [0, 0.1) is 0 Å². The predicted octanol–water partition coefficient (Wildman–Crippen LogP) is -0.122. The molecule has 0 saturated carbocycles. The molecule has 33 heavy (non-hydrogen) atoms. The molecule has 4 rings (SSSR count).